The molecule has 0 bridgehead atoms. The van der Waals surface area contributed by atoms with Crippen molar-refractivity contribution in [1.29, 1.82) is 0 Å². The van der Waals surface area contributed by atoms with Gasteiger partial charge >= 0.3 is 0 Å². The average Bonchev–Trinajstić information content (AvgIpc) is 2.12. The molecule has 0 N–H and O–H groups in total. The molecule has 0 aliphatic heterocycles. The van der Waals surface area contributed by atoms with Gasteiger partial charge in [-0.15, -0.1) is 0 Å². The zero-order valence-electron chi connectivity index (χ0n) is 7.31. The first-order valence-corrected chi connectivity index (χ1v) is 4.30. The predicted octanol–water partition coefficient (Wildman–Crippen LogP) is 1.31. The van der Waals surface area contributed by atoms with Crippen LogP contribution in [0.5, 0.6) is 0 Å². The summed E-state index contributed by atoms with van der Waals surface area (Å²) in [5.74, 6) is 0. The molecule has 0 amide bonds. The Labute approximate surface area is 64.6 Å². The Morgan fingerprint density at radius 2 is 1.90 bits per heavy atom. The molecule has 1 saturated carbocycles. The molecule has 0 heterocycles. The first kappa shape index (κ1) is 8.12. The average molecular weight is 140 g/mol. The standard InChI is InChI=1S/C8H17BO/c1-7(9)10-8(2)5-3-4-6-8/h7H,3-6,9H2,1-2H3. The Morgan fingerprint density at radius 3 is 2.30 bits per heavy atom. The summed E-state index contributed by atoms with van der Waals surface area (Å²) < 4.78 is 5.80. The van der Waals surface area contributed by atoms with Gasteiger partial charge in [0.05, 0.1) is 5.60 Å². The van der Waals surface area contributed by atoms with Crippen LogP contribution in [-0.4, -0.2) is 19.5 Å². The van der Waals surface area contributed by atoms with Gasteiger partial charge in [-0.3, -0.25) is 0 Å². The van der Waals surface area contributed by atoms with Gasteiger partial charge in [-0.2, -0.15) is 0 Å². The number of hydrogen-bond acceptors (Lipinski definition) is 1. The van der Waals surface area contributed by atoms with Gasteiger partial charge < -0.3 is 4.74 Å². The molecule has 0 spiro atoms. The van der Waals surface area contributed by atoms with Crippen molar-refractivity contribution in [3.05, 3.63) is 0 Å². The van der Waals surface area contributed by atoms with E-state index in [-0.39, 0.29) is 5.60 Å². The minimum Gasteiger partial charge on any atom is -0.381 e. The van der Waals surface area contributed by atoms with Gasteiger partial charge in [-0.25, -0.2) is 0 Å². The van der Waals surface area contributed by atoms with Gasteiger partial charge in [0.1, 0.15) is 7.85 Å². The molecule has 1 unspecified atom stereocenters. The highest BCUT2D eigenvalue weighted by Gasteiger charge is 2.29. The summed E-state index contributed by atoms with van der Waals surface area (Å²) in [7, 11) is 2.11. The molecule has 0 aromatic carbocycles. The second-order valence-corrected chi connectivity index (χ2v) is 3.82. The van der Waals surface area contributed by atoms with E-state index in [9.17, 15) is 0 Å². The molecular weight excluding hydrogens is 123 g/mol. The van der Waals surface area contributed by atoms with E-state index in [1.807, 2.05) is 0 Å². The maximum absolute atomic E-state index is 5.80. The number of ether oxygens (including phenoxy) is 1. The van der Waals surface area contributed by atoms with Crippen molar-refractivity contribution in [2.45, 2.75) is 51.1 Å². The van der Waals surface area contributed by atoms with Crippen molar-refractivity contribution in [3.8, 4) is 0 Å². The highest BCUT2D eigenvalue weighted by Crippen LogP contribution is 2.32. The summed E-state index contributed by atoms with van der Waals surface area (Å²) in [5, 5.41) is 0. The van der Waals surface area contributed by atoms with E-state index in [1.54, 1.807) is 0 Å². The van der Waals surface area contributed by atoms with E-state index in [2.05, 4.69) is 21.7 Å². The van der Waals surface area contributed by atoms with E-state index < -0.39 is 0 Å². The van der Waals surface area contributed by atoms with Crippen LogP contribution in [0, 0.1) is 0 Å². The molecule has 1 nitrogen and oxygen atoms in total. The fourth-order valence-electron chi connectivity index (χ4n) is 1.81. The van der Waals surface area contributed by atoms with E-state index in [0.717, 1.165) is 0 Å². The molecule has 58 valence electrons. The Hall–Kier alpha value is 0.0249. The zero-order chi connectivity index (χ0) is 7.61. The first-order chi connectivity index (χ1) is 4.62. The summed E-state index contributed by atoms with van der Waals surface area (Å²) in [6.07, 6.45) is 5.21. The molecule has 2 heteroatoms. The summed E-state index contributed by atoms with van der Waals surface area (Å²) in [6, 6.07) is 0.392. The van der Waals surface area contributed by atoms with E-state index in [0.29, 0.717) is 6.00 Å². The summed E-state index contributed by atoms with van der Waals surface area (Å²) in [5.41, 5.74) is 0.216. The van der Waals surface area contributed by atoms with Gasteiger partial charge in [0.2, 0.25) is 0 Å². The molecule has 1 aliphatic carbocycles. The third kappa shape index (κ3) is 2.01. The Kier molecular flexibility index (Phi) is 2.40. The Balaban J connectivity index is 2.36. The molecule has 1 atom stereocenters. The van der Waals surface area contributed by atoms with Crippen LogP contribution >= 0.6 is 0 Å². The van der Waals surface area contributed by atoms with Crippen LogP contribution in [0.3, 0.4) is 0 Å². The van der Waals surface area contributed by atoms with Gasteiger partial charge in [-0.05, 0) is 26.7 Å². The van der Waals surface area contributed by atoms with Crippen molar-refractivity contribution < 1.29 is 4.74 Å². The van der Waals surface area contributed by atoms with E-state index >= 15 is 0 Å². The first-order valence-electron chi connectivity index (χ1n) is 4.30. The van der Waals surface area contributed by atoms with Crippen LogP contribution in [0.25, 0.3) is 0 Å². The number of hydrogen-bond donors (Lipinski definition) is 0. The van der Waals surface area contributed by atoms with E-state index in [1.165, 1.54) is 25.7 Å². The lowest BCUT2D eigenvalue weighted by Gasteiger charge is -2.26. The molecular formula is C8H17BO. The van der Waals surface area contributed by atoms with Crippen LogP contribution in [0.1, 0.15) is 39.5 Å². The maximum atomic E-state index is 5.80. The highest BCUT2D eigenvalue weighted by molar-refractivity contribution is 6.10. The molecule has 0 radical (unpaired) electrons. The highest BCUT2D eigenvalue weighted by atomic mass is 16.5. The maximum Gasteiger partial charge on any atom is 0.138 e. The molecule has 10 heavy (non-hydrogen) atoms. The quantitative estimate of drug-likeness (QED) is 0.525. The van der Waals surface area contributed by atoms with Crippen LogP contribution in [0.15, 0.2) is 0 Å². The van der Waals surface area contributed by atoms with Gasteiger partial charge in [0.15, 0.2) is 0 Å². The second-order valence-electron chi connectivity index (χ2n) is 3.82. The monoisotopic (exact) mass is 140 g/mol. The molecule has 1 aliphatic rings. The third-order valence-corrected chi connectivity index (χ3v) is 2.18. The van der Waals surface area contributed by atoms with E-state index in [4.69, 9.17) is 4.74 Å². The minimum absolute atomic E-state index is 0.216. The third-order valence-electron chi connectivity index (χ3n) is 2.18. The fraction of sp³-hybridized carbons (Fsp3) is 1.00. The van der Waals surface area contributed by atoms with Gasteiger partial charge in [0.25, 0.3) is 0 Å². The lowest BCUT2D eigenvalue weighted by molar-refractivity contribution is -0.0378. The normalized spacial score (nSPS) is 26.6. The Morgan fingerprint density at radius 1 is 1.40 bits per heavy atom. The molecule has 1 rings (SSSR count). The largest absolute Gasteiger partial charge is 0.381 e. The fourth-order valence-corrected chi connectivity index (χ4v) is 1.81. The molecule has 0 aromatic rings. The minimum atomic E-state index is 0.216. The summed E-state index contributed by atoms with van der Waals surface area (Å²) in [6.45, 7) is 4.35. The SMILES string of the molecule is BC(C)OC1(C)CCCC1. The lowest BCUT2D eigenvalue weighted by Crippen LogP contribution is -2.29. The van der Waals surface area contributed by atoms with Crippen molar-refractivity contribution in [1.82, 2.24) is 0 Å². The van der Waals surface area contributed by atoms with Gasteiger partial charge in [0, 0.05) is 6.00 Å². The predicted molar refractivity (Wildman–Crippen MR) is 46.0 cm³/mol. The summed E-state index contributed by atoms with van der Waals surface area (Å²) in [4.78, 5) is 0. The van der Waals surface area contributed by atoms with Crippen molar-refractivity contribution in [2.75, 3.05) is 0 Å². The Bertz CT molecular complexity index is 106. The van der Waals surface area contributed by atoms with Crippen molar-refractivity contribution >= 4 is 7.85 Å². The number of rotatable bonds is 2. The molecule has 0 saturated heterocycles. The second kappa shape index (κ2) is 2.95. The zero-order valence-corrected chi connectivity index (χ0v) is 7.31. The molecule has 0 aromatic heterocycles. The van der Waals surface area contributed by atoms with Crippen molar-refractivity contribution in [3.63, 3.8) is 0 Å². The van der Waals surface area contributed by atoms with Crippen LogP contribution in [0.4, 0.5) is 0 Å². The molecule has 1 fully saturated rings. The van der Waals surface area contributed by atoms with Crippen molar-refractivity contribution in [2.24, 2.45) is 0 Å². The van der Waals surface area contributed by atoms with Crippen LogP contribution in [-0.2, 0) is 4.74 Å². The lowest BCUT2D eigenvalue weighted by atomic mass is 9.99. The van der Waals surface area contributed by atoms with Crippen LogP contribution < -0.4 is 0 Å². The van der Waals surface area contributed by atoms with Crippen LogP contribution in [0.2, 0.25) is 0 Å². The summed E-state index contributed by atoms with van der Waals surface area (Å²) >= 11 is 0. The topological polar surface area (TPSA) is 9.23 Å². The van der Waals surface area contributed by atoms with Gasteiger partial charge in [-0.1, -0.05) is 12.8 Å². The smallest absolute Gasteiger partial charge is 0.138 e.